The van der Waals surface area contributed by atoms with Crippen molar-refractivity contribution in [2.24, 2.45) is 0 Å². The summed E-state index contributed by atoms with van der Waals surface area (Å²) < 4.78 is 1.80. The minimum absolute atomic E-state index is 0.0274. The second-order valence-corrected chi connectivity index (χ2v) is 7.84. The van der Waals surface area contributed by atoms with Crippen molar-refractivity contribution in [1.29, 1.82) is 0 Å². The maximum Gasteiger partial charge on any atom is 0.240 e. The van der Waals surface area contributed by atoms with Gasteiger partial charge in [0.25, 0.3) is 0 Å². The second-order valence-electron chi connectivity index (χ2n) is 7.84. The number of carbonyl (C=O) groups is 3. The molecule has 3 heterocycles. The molecule has 0 bridgehead atoms. The molecule has 1 N–H and O–H groups in total. The summed E-state index contributed by atoms with van der Waals surface area (Å²) in [6.45, 7) is 4.47. The topological polar surface area (TPSA) is 87.5 Å². The van der Waals surface area contributed by atoms with Crippen LogP contribution in [0.4, 0.5) is 5.82 Å². The standard InChI is InChI=1S/C22H27N5O3/c1-16-6-2-3-7-17(16)18-14-20-26(22(30)9-13-27(20)24-18)15-19(28)23-10-5-12-25-11-4-8-21(25)29/h2-3,6-7,14H,4-5,8-13,15H2,1H3,(H,23,28). The maximum atomic E-state index is 12.5. The first kappa shape index (κ1) is 20.1. The molecule has 0 saturated carbocycles. The van der Waals surface area contributed by atoms with Gasteiger partial charge >= 0.3 is 0 Å². The van der Waals surface area contributed by atoms with Crippen LogP contribution in [0.15, 0.2) is 30.3 Å². The number of fused-ring (bicyclic) bond motifs is 1. The number of hydrogen-bond acceptors (Lipinski definition) is 4. The minimum Gasteiger partial charge on any atom is -0.354 e. The SMILES string of the molecule is Cc1ccccc1-c1cc2n(n1)CCC(=O)N2CC(=O)NCCCN1CCCC1=O. The summed E-state index contributed by atoms with van der Waals surface area (Å²) in [6, 6.07) is 9.86. The molecule has 1 fully saturated rings. The molecule has 2 aliphatic heterocycles. The van der Waals surface area contributed by atoms with Gasteiger partial charge in [-0.2, -0.15) is 5.10 Å². The van der Waals surface area contributed by atoms with E-state index in [1.807, 2.05) is 42.2 Å². The van der Waals surface area contributed by atoms with Gasteiger partial charge in [0.15, 0.2) is 0 Å². The van der Waals surface area contributed by atoms with Gasteiger partial charge in [0.1, 0.15) is 12.4 Å². The Morgan fingerprint density at radius 2 is 1.97 bits per heavy atom. The highest BCUT2D eigenvalue weighted by Crippen LogP contribution is 2.29. The third-order valence-corrected chi connectivity index (χ3v) is 5.69. The van der Waals surface area contributed by atoms with Crippen molar-refractivity contribution >= 4 is 23.5 Å². The Labute approximate surface area is 175 Å². The lowest BCUT2D eigenvalue weighted by atomic mass is 10.1. The highest BCUT2D eigenvalue weighted by molar-refractivity contribution is 5.99. The molecule has 0 atom stereocenters. The fourth-order valence-electron chi connectivity index (χ4n) is 4.05. The zero-order valence-electron chi connectivity index (χ0n) is 17.3. The molecule has 8 nitrogen and oxygen atoms in total. The Morgan fingerprint density at radius 3 is 2.73 bits per heavy atom. The summed E-state index contributed by atoms with van der Waals surface area (Å²) in [5, 5.41) is 7.52. The van der Waals surface area contributed by atoms with E-state index in [4.69, 9.17) is 0 Å². The quantitative estimate of drug-likeness (QED) is 0.706. The molecule has 30 heavy (non-hydrogen) atoms. The van der Waals surface area contributed by atoms with Gasteiger partial charge in [0, 0.05) is 44.1 Å². The summed E-state index contributed by atoms with van der Waals surface area (Å²) in [6.07, 6.45) is 2.58. The monoisotopic (exact) mass is 409 g/mol. The van der Waals surface area contributed by atoms with Crippen molar-refractivity contribution in [2.75, 3.05) is 31.1 Å². The smallest absolute Gasteiger partial charge is 0.240 e. The fourth-order valence-corrected chi connectivity index (χ4v) is 4.05. The highest BCUT2D eigenvalue weighted by atomic mass is 16.2. The molecule has 3 amide bonds. The number of hydrogen-bond donors (Lipinski definition) is 1. The molecule has 4 rings (SSSR count). The summed E-state index contributed by atoms with van der Waals surface area (Å²) in [5.41, 5.74) is 2.94. The zero-order valence-corrected chi connectivity index (χ0v) is 17.3. The largest absolute Gasteiger partial charge is 0.354 e. The molecule has 0 radical (unpaired) electrons. The molecule has 8 heteroatoms. The summed E-state index contributed by atoms with van der Waals surface area (Å²) >= 11 is 0. The molecule has 2 aromatic rings. The Hall–Kier alpha value is -3.16. The van der Waals surface area contributed by atoms with Gasteiger partial charge in [-0.05, 0) is 25.3 Å². The van der Waals surface area contributed by atoms with Crippen LogP contribution < -0.4 is 10.2 Å². The summed E-state index contributed by atoms with van der Waals surface area (Å²) in [5.74, 6) is 0.569. The number of nitrogens with one attached hydrogen (secondary N) is 1. The maximum absolute atomic E-state index is 12.5. The van der Waals surface area contributed by atoms with Crippen LogP contribution in [0.25, 0.3) is 11.3 Å². The van der Waals surface area contributed by atoms with Crippen LogP contribution in [0.3, 0.4) is 0 Å². The summed E-state index contributed by atoms with van der Waals surface area (Å²) in [4.78, 5) is 39.9. The lowest BCUT2D eigenvalue weighted by molar-refractivity contribution is -0.127. The van der Waals surface area contributed by atoms with Gasteiger partial charge in [0.05, 0.1) is 12.2 Å². The Kier molecular flexibility index (Phi) is 5.83. The number of anilines is 1. The number of likely N-dealkylation sites (tertiary alicyclic amines) is 1. The number of nitrogens with zero attached hydrogens (tertiary/aromatic N) is 4. The number of carbonyl (C=O) groups excluding carboxylic acids is 3. The predicted octanol–water partition coefficient (Wildman–Crippen LogP) is 1.72. The average Bonchev–Trinajstić information content (AvgIpc) is 3.34. The Balaban J connectivity index is 1.37. The normalized spacial score (nSPS) is 16.2. The second kappa shape index (κ2) is 8.69. The molecule has 158 valence electrons. The van der Waals surface area contributed by atoms with Crippen LogP contribution in [0.5, 0.6) is 0 Å². The van der Waals surface area contributed by atoms with E-state index in [9.17, 15) is 14.4 Å². The predicted molar refractivity (Wildman–Crippen MR) is 113 cm³/mol. The number of aryl methyl sites for hydroxylation is 2. The molecule has 0 spiro atoms. The van der Waals surface area contributed by atoms with E-state index in [1.54, 1.807) is 4.68 Å². The van der Waals surface area contributed by atoms with Crippen molar-refractivity contribution in [1.82, 2.24) is 20.0 Å². The van der Waals surface area contributed by atoms with Gasteiger partial charge in [-0.15, -0.1) is 0 Å². The van der Waals surface area contributed by atoms with Crippen molar-refractivity contribution in [3.63, 3.8) is 0 Å². The lowest BCUT2D eigenvalue weighted by Crippen LogP contribution is -2.44. The van der Waals surface area contributed by atoms with Gasteiger partial charge < -0.3 is 10.2 Å². The molecule has 0 aliphatic carbocycles. The van der Waals surface area contributed by atoms with Gasteiger partial charge in [0.2, 0.25) is 17.7 Å². The van der Waals surface area contributed by atoms with Crippen LogP contribution in [-0.4, -0.2) is 58.6 Å². The van der Waals surface area contributed by atoms with Gasteiger partial charge in [-0.1, -0.05) is 24.3 Å². The highest BCUT2D eigenvalue weighted by Gasteiger charge is 2.28. The van der Waals surface area contributed by atoms with Gasteiger partial charge in [-0.3, -0.25) is 19.3 Å². The van der Waals surface area contributed by atoms with Crippen LogP contribution in [0, 0.1) is 6.92 Å². The van der Waals surface area contributed by atoms with E-state index >= 15 is 0 Å². The summed E-state index contributed by atoms with van der Waals surface area (Å²) in [7, 11) is 0. The third kappa shape index (κ3) is 4.22. The van der Waals surface area contributed by atoms with E-state index in [0.29, 0.717) is 44.7 Å². The van der Waals surface area contributed by atoms with E-state index in [1.165, 1.54) is 4.90 Å². The minimum atomic E-state index is -0.205. The van der Waals surface area contributed by atoms with E-state index < -0.39 is 0 Å². The van der Waals surface area contributed by atoms with Crippen molar-refractivity contribution < 1.29 is 14.4 Å². The molecule has 1 aromatic carbocycles. The Morgan fingerprint density at radius 1 is 1.13 bits per heavy atom. The van der Waals surface area contributed by atoms with Gasteiger partial charge in [-0.25, -0.2) is 4.68 Å². The van der Waals surface area contributed by atoms with Crippen LogP contribution in [0.1, 0.15) is 31.2 Å². The molecular formula is C22H27N5O3. The first-order valence-corrected chi connectivity index (χ1v) is 10.5. The number of benzene rings is 1. The number of rotatable bonds is 7. The van der Waals surface area contributed by atoms with Crippen molar-refractivity contribution in [3.05, 3.63) is 35.9 Å². The molecule has 1 aromatic heterocycles. The first-order chi connectivity index (χ1) is 14.5. The van der Waals surface area contributed by atoms with Crippen LogP contribution in [0.2, 0.25) is 0 Å². The lowest BCUT2D eigenvalue weighted by Gasteiger charge is -2.27. The average molecular weight is 409 g/mol. The first-order valence-electron chi connectivity index (χ1n) is 10.5. The Bertz CT molecular complexity index is 967. The van der Waals surface area contributed by atoms with E-state index in [2.05, 4.69) is 10.4 Å². The molecular weight excluding hydrogens is 382 g/mol. The number of amides is 3. The van der Waals surface area contributed by atoms with Crippen molar-refractivity contribution in [2.45, 2.75) is 39.2 Å². The molecule has 1 saturated heterocycles. The van der Waals surface area contributed by atoms with Crippen LogP contribution >= 0.6 is 0 Å². The van der Waals surface area contributed by atoms with E-state index in [0.717, 1.165) is 29.8 Å². The fraction of sp³-hybridized carbons (Fsp3) is 0.455. The van der Waals surface area contributed by atoms with Crippen molar-refractivity contribution in [3.8, 4) is 11.3 Å². The third-order valence-electron chi connectivity index (χ3n) is 5.69. The van der Waals surface area contributed by atoms with E-state index in [-0.39, 0.29) is 24.3 Å². The molecule has 0 unspecified atom stereocenters. The number of aromatic nitrogens is 2. The zero-order chi connectivity index (χ0) is 21.1. The van der Waals surface area contributed by atoms with Crippen LogP contribution in [-0.2, 0) is 20.9 Å². The molecule has 2 aliphatic rings.